The number of halogens is 1. The second kappa shape index (κ2) is 8.79. The number of hydrogen-bond acceptors (Lipinski definition) is 6. The number of hydrogen-bond donors (Lipinski definition) is 2. The number of aromatic hydroxyl groups is 1. The molecule has 2 aromatic heterocycles. The fourth-order valence-electron chi connectivity index (χ4n) is 3.21. The molecular weight excluding hydrogens is 438 g/mol. The van der Waals surface area contributed by atoms with Crippen molar-refractivity contribution in [1.29, 1.82) is 0 Å². The van der Waals surface area contributed by atoms with Crippen LogP contribution in [0.25, 0.3) is 10.2 Å². The lowest BCUT2D eigenvalue weighted by Gasteiger charge is -2.10. The molecule has 0 aliphatic rings. The summed E-state index contributed by atoms with van der Waals surface area (Å²) in [5, 5.41) is 14.4. The molecule has 0 saturated heterocycles. The third-order valence-electron chi connectivity index (χ3n) is 4.83. The van der Waals surface area contributed by atoms with Crippen molar-refractivity contribution in [3.8, 4) is 11.5 Å². The average Bonchev–Trinajstić information content (AvgIpc) is 3.18. The van der Waals surface area contributed by atoms with Crippen LogP contribution in [0.5, 0.6) is 11.5 Å². The number of fused-ring (bicyclic) bond motifs is 1. The van der Waals surface area contributed by atoms with Gasteiger partial charge in [-0.1, -0.05) is 29.8 Å². The highest BCUT2D eigenvalue weighted by Gasteiger charge is 2.16. The van der Waals surface area contributed by atoms with Crippen LogP contribution >= 0.6 is 22.9 Å². The maximum absolute atomic E-state index is 13.1. The zero-order valence-electron chi connectivity index (χ0n) is 16.5. The van der Waals surface area contributed by atoms with Gasteiger partial charge in [0.15, 0.2) is 0 Å². The molecule has 0 fully saturated rings. The Balaban J connectivity index is 1.60. The third kappa shape index (κ3) is 4.26. The van der Waals surface area contributed by atoms with Crippen molar-refractivity contribution in [2.75, 3.05) is 12.4 Å². The van der Waals surface area contributed by atoms with E-state index in [-0.39, 0.29) is 21.9 Å². The highest BCUT2D eigenvalue weighted by molar-refractivity contribution is 7.17. The molecule has 2 heterocycles. The highest BCUT2D eigenvalue weighted by Crippen LogP contribution is 2.28. The Kier molecular flexibility index (Phi) is 5.92. The van der Waals surface area contributed by atoms with E-state index in [1.54, 1.807) is 12.5 Å². The molecule has 9 heteroatoms. The number of amides is 1. The second-order valence-corrected chi connectivity index (χ2v) is 8.02. The molecule has 2 N–H and O–H groups in total. The lowest BCUT2D eigenvalue weighted by atomic mass is 10.1. The lowest BCUT2D eigenvalue weighted by Crippen LogP contribution is -2.22. The number of para-hydroxylation sites is 1. The summed E-state index contributed by atoms with van der Waals surface area (Å²) in [4.78, 5) is 30.6. The van der Waals surface area contributed by atoms with Crippen molar-refractivity contribution in [2.45, 2.75) is 13.0 Å². The first-order valence-electron chi connectivity index (χ1n) is 9.36. The first kappa shape index (κ1) is 20.9. The van der Waals surface area contributed by atoms with Crippen molar-refractivity contribution in [1.82, 2.24) is 9.55 Å². The number of phenolic OH excluding ortho intramolecular Hbond substituents is 1. The summed E-state index contributed by atoms with van der Waals surface area (Å²) >= 11 is 7.16. The van der Waals surface area contributed by atoms with Crippen LogP contribution in [0.3, 0.4) is 0 Å². The molecule has 0 unspecified atom stereocenters. The SMILES string of the molecule is COc1ccccc1CCn1cnc2scc(NC(=O)c3ccc(O)c(Cl)c3)c2c1=O. The Bertz CT molecular complexity index is 1330. The summed E-state index contributed by atoms with van der Waals surface area (Å²) in [6.07, 6.45) is 2.11. The van der Waals surface area contributed by atoms with Crippen molar-refractivity contribution < 1.29 is 14.6 Å². The molecule has 7 nitrogen and oxygen atoms in total. The summed E-state index contributed by atoms with van der Waals surface area (Å²) in [5.41, 5.74) is 1.40. The minimum absolute atomic E-state index is 0.0724. The van der Waals surface area contributed by atoms with Gasteiger partial charge in [-0.05, 0) is 36.2 Å². The predicted molar refractivity (Wildman–Crippen MR) is 122 cm³/mol. The second-order valence-electron chi connectivity index (χ2n) is 6.75. The van der Waals surface area contributed by atoms with Gasteiger partial charge in [-0.15, -0.1) is 11.3 Å². The first-order valence-corrected chi connectivity index (χ1v) is 10.6. The number of carbonyl (C=O) groups is 1. The number of aromatic nitrogens is 2. The smallest absolute Gasteiger partial charge is 0.264 e. The quantitative estimate of drug-likeness (QED) is 0.451. The summed E-state index contributed by atoms with van der Waals surface area (Å²) < 4.78 is 6.89. The van der Waals surface area contributed by atoms with Gasteiger partial charge in [-0.3, -0.25) is 14.2 Å². The summed E-state index contributed by atoms with van der Waals surface area (Å²) in [6.45, 7) is 0.416. The molecule has 158 valence electrons. The first-order chi connectivity index (χ1) is 15.0. The van der Waals surface area contributed by atoms with Crippen molar-refractivity contribution in [3.63, 3.8) is 0 Å². The molecule has 0 bridgehead atoms. The van der Waals surface area contributed by atoms with E-state index in [0.29, 0.717) is 28.9 Å². The molecule has 0 saturated carbocycles. The number of ether oxygens (including phenoxy) is 1. The van der Waals surface area contributed by atoms with E-state index in [1.807, 2.05) is 24.3 Å². The summed E-state index contributed by atoms with van der Waals surface area (Å²) in [5.74, 6) is 0.215. The van der Waals surface area contributed by atoms with Gasteiger partial charge in [0.2, 0.25) is 0 Å². The number of benzene rings is 2. The molecule has 0 atom stereocenters. The molecule has 0 spiro atoms. The minimum atomic E-state index is -0.439. The van der Waals surface area contributed by atoms with Gasteiger partial charge >= 0.3 is 0 Å². The molecule has 2 aromatic carbocycles. The van der Waals surface area contributed by atoms with E-state index in [1.165, 1.54) is 40.4 Å². The van der Waals surface area contributed by atoms with Gasteiger partial charge in [-0.25, -0.2) is 4.98 Å². The van der Waals surface area contributed by atoms with E-state index in [4.69, 9.17) is 16.3 Å². The Labute approximate surface area is 186 Å². The lowest BCUT2D eigenvalue weighted by molar-refractivity contribution is 0.102. The maximum Gasteiger partial charge on any atom is 0.264 e. The van der Waals surface area contributed by atoms with Crippen LogP contribution in [-0.4, -0.2) is 27.7 Å². The molecule has 1 amide bonds. The van der Waals surface area contributed by atoms with E-state index in [9.17, 15) is 14.7 Å². The van der Waals surface area contributed by atoms with Crippen LogP contribution in [0.2, 0.25) is 5.02 Å². The van der Waals surface area contributed by atoms with Gasteiger partial charge in [0.1, 0.15) is 21.7 Å². The van der Waals surface area contributed by atoms with E-state index < -0.39 is 5.91 Å². The number of nitrogens with zero attached hydrogens (tertiary/aromatic N) is 2. The molecule has 0 radical (unpaired) electrons. The minimum Gasteiger partial charge on any atom is -0.506 e. The van der Waals surface area contributed by atoms with Crippen LogP contribution in [-0.2, 0) is 13.0 Å². The molecule has 4 aromatic rings. The number of nitrogens with one attached hydrogen (secondary N) is 1. The summed E-state index contributed by atoms with van der Waals surface area (Å²) in [7, 11) is 1.61. The van der Waals surface area contributed by atoms with Crippen LogP contribution in [0.15, 0.2) is 59.0 Å². The molecule has 31 heavy (non-hydrogen) atoms. The average molecular weight is 456 g/mol. The zero-order valence-corrected chi connectivity index (χ0v) is 18.0. The van der Waals surface area contributed by atoms with Crippen molar-refractivity contribution >= 4 is 44.7 Å². The Morgan fingerprint density at radius 2 is 2.10 bits per heavy atom. The Morgan fingerprint density at radius 3 is 2.87 bits per heavy atom. The number of thiophene rings is 1. The monoisotopic (exact) mass is 455 g/mol. The highest BCUT2D eigenvalue weighted by atomic mass is 35.5. The molecular formula is C22H18ClN3O4S. The van der Waals surface area contributed by atoms with E-state index >= 15 is 0 Å². The fraction of sp³-hybridized carbons (Fsp3) is 0.136. The number of carbonyl (C=O) groups excluding carboxylic acids is 1. The van der Waals surface area contributed by atoms with Gasteiger partial charge in [0.25, 0.3) is 11.5 Å². The number of rotatable bonds is 6. The molecule has 0 aliphatic carbocycles. The summed E-state index contributed by atoms with van der Waals surface area (Å²) in [6, 6.07) is 11.8. The van der Waals surface area contributed by atoms with E-state index in [2.05, 4.69) is 10.3 Å². The molecule has 0 aliphatic heterocycles. The zero-order chi connectivity index (χ0) is 22.0. The standard InChI is InChI=1S/C22H18ClN3O4S/c1-30-18-5-3-2-4-13(18)8-9-26-12-24-21-19(22(26)29)16(11-31-21)25-20(28)14-6-7-17(27)15(23)10-14/h2-7,10-12,27H,8-9H2,1H3,(H,25,28). The van der Waals surface area contributed by atoms with Crippen LogP contribution in [0.1, 0.15) is 15.9 Å². The van der Waals surface area contributed by atoms with Crippen LogP contribution < -0.4 is 15.6 Å². The Morgan fingerprint density at radius 1 is 1.29 bits per heavy atom. The predicted octanol–water partition coefficient (Wildman–Crippen LogP) is 4.32. The number of methoxy groups -OCH3 is 1. The largest absolute Gasteiger partial charge is 0.506 e. The third-order valence-corrected chi connectivity index (χ3v) is 6.02. The van der Waals surface area contributed by atoms with Crippen LogP contribution in [0.4, 0.5) is 5.69 Å². The van der Waals surface area contributed by atoms with Gasteiger partial charge in [-0.2, -0.15) is 0 Å². The fourth-order valence-corrected chi connectivity index (χ4v) is 4.22. The number of aryl methyl sites for hydroxylation is 2. The topological polar surface area (TPSA) is 93.4 Å². The maximum atomic E-state index is 13.1. The van der Waals surface area contributed by atoms with Gasteiger partial charge in [0.05, 0.1) is 24.1 Å². The normalized spacial score (nSPS) is 10.9. The number of phenols is 1. The molecule has 4 rings (SSSR count). The van der Waals surface area contributed by atoms with Gasteiger partial charge in [0, 0.05) is 17.5 Å². The number of anilines is 1. The van der Waals surface area contributed by atoms with Crippen molar-refractivity contribution in [2.24, 2.45) is 0 Å². The van der Waals surface area contributed by atoms with Crippen molar-refractivity contribution in [3.05, 3.63) is 80.7 Å². The Hall–Kier alpha value is -3.36. The van der Waals surface area contributed by atoms with Crippen LogP contribution in [0, 0.1) is 0 Å². The van der Waals surface area contributed by atoms with Gasteiger partial charge < -0.3 is 15.2 Å². The van der Waals surface area contributed by atoms with E-state index in [0.717, 1.165) is 11.3 Å².